The Labute approximate surface area is 86.3 Å². The molecular weight excluding hydrogens is 176 g/mol. The molecule has 3 N–H and O–H groups in total. The second kappa shape index (κ2) is 5.10. The van der Waals surface area contributed by atoms with Gasteiger partial charge in [-0.2, -0.15) is 0 Å². The third-order valence-corrected chi connectivity index (χ3v) is 3.65. The van der Waals surface area contributed by atoms with Gasteiger partial charge in [-0.15, -0.1) is 0 Å². The van der Waals surface area contributed by atoms with Crippen molar-refractivity contribution >= 4 is 0 Å². The molecule has 1 atom stereocenters. The topological polar surface area (TPSA) is 44.3 Å². The summed E-state index contributed by atoms with van der Waals surface area (Å²) in [7, 11) is 0. The van der Waals surface area contributed by atoms with E-state index in [4.69, 9.17) is 0 Å². The maximum Gasteiger partial charge on any atom is 0.0693 e. The Bertz CT molecular complexity index is 165. The van der Waals surface area contributed by atoms with E-state index >= 15 is 0 Å². The molecule has 2 fully saturated rings. The Hall–Kier alpha value is -0.120. The third-order valence-electron chi connectivity index (χ3n) is 3.65. The number of rotatable bonds is 4. The highest BCUT2D eigenvalue weighted by Crippen LogP contribution is 2.20. The van der Waals surface area contributed by atoms with E-state index in [0.717, 1.165) is 32.5 Å². The van der Waals surface area contributed by atoms with E-state index in [0.29, 0.717) is 12.0 Å². The van der Waals surface area contributed by atoms with E-state index in [2.05, 4.69) is 10.6 Å². The van der Waals surface area contributed by atoms with Crippen LogP contribution < -0.4 is 10.6 Å². The highest BCUT2D eigenvalue weighted by atomic mass is 16.3. The summed E-state index contributed by atoms with van der Waals surface area (Å²) in [6, 6.07) is 0.700. The van der Waals surface area contributed by atoms with Crippen molar-refractivity contribution in [2.45, 2.75) is 44.2 Å². The van der Waals surface area contributed by atoms with Gasteiger partial charge in [0, 0.05) is 12.6 Å². The van der Waals surface area contributed by atoms with Crippen molar-refractivity contribution in [3.05, 3.63) is 0 Å². The molecule has 82 valence electrons. The van der Waals surface area contributed by atoms with E-state index in [9.17, 15) is 5.11 Å². The average Bonchev–Trinajstić information content (AvgIpc) is 2.16. The number of aliphatic hydroxyl groups excluding tert-OH is 1. The van der Waals surface area contributed by atoms with E-state index in [-0.39, 0.29) is 6.10 Å². The minimum Gasteiger partial charge on any atom is -0.392 e. The molecular formula is C11H22N2O. The second-order valence-corrected chi connectivity index (χ2v) is 4.69. The summed E-state index contributed by atoms with van der Waals surface area (Å²) in [5, 5.41) is 16.7. The zero-order chi connectivity index (χ0) is 9.80. The lowest BCUT2D eigenvalue weighted by Gasteiger charge is -2.31. The van der Waals surface area contributed by atoms with Crippen LogP contribution in [0.3, 0.4) is 0 Å². The van der Waals surface area contributed by atoms with E-state index in [1.807, 2.05) is 0 Å². The van der Waals surface area contributed by atoms with Crippen molar-refractivity contribution in [1.29, 1.82) is 0 Å². The molecule has 1 saturated carbocycles. The molecule has 1 aliphatic carbocycles. The Morgan fingerprint density at radius 1 is 1.21 bits per heavy atom. The first-order chi connectivity index (χ1) is 6.86. The van der Waals surface area contributed by atoms with Crippen LogP contribution in [0.2, 0.25) is 0 Å². The Morgan fingerprint density at radius 3 is 2.50 bits per heavy atom. The molecule has 0 radical (unpaired) electrons. The van der Waals surface area contributed by atoms with Crippen LogP contribution >= 0.6 is 0 Å². The molecule has 2 rings (SSSR count). The highest BCUT2D eigenvalue weighted by molar-refractivity contribution is 4.81. The summed E-state index contributed by atoms with van der Waals surface area (Å²) in [6.45, 7) is 2.95. The van der Waals surface area contributed by atoms with E-state index in [1.54, 1.807) is 0 Å². The van der Waals surface area contributed by atoms with Gasteiger partial charge in [-0.3, -0.25) is 0 Å². The Kier molecular flexibility index (Phi) is 3.79. The van der Waals surface area contributed by atoms with Crippen molar-refractivity contribution in [3.8, 4) is 0 Å². The van der Waals surface area contributed by atoms with E-state index in [1.165, 1.54) is 19.3 Å². The molecule has 0 amide bonds. The number of nitrogens with one attached hydrogen (secondary N) is 2. The predicted molar refractivity (Wildman–Crippen MR) is 57.2 cm³/mol. The van der Waals surface area contributed by atoms with Gasteiger partial charge in [0.2, 0.25) is 0 Å². The van der Waals surface area contributed by atoms with Gasteiger partial charge in [-0.25, -0.2) is 0 Å². The number of hydrogen-bond donors (Lipinski definition) is 3. The normalized spacial score (nSPS) is 27.2. The SMILES string of the molecule is OC(CNC1CCC1)C1CCNCC1. The van der Waals surface area contributed by atoms with Crippen LogP contribution in [0.4, 0.5) is 0 Å². The molecule has 1 unspecified atom stereocenters. The lowest BCUT2D eigenvalue weighted by Crippen LogP contribution is -2.44. The summed E-state index contributed by atoms with van der Waals surface area (Å²) >= 11 is 0. The van der Waals surface area contributed by atoms with Gasteiger partial charge in [0.15, 0.2) is 0 Å². The van der Waals surface area contributed by atoms with Crippen molar-refractivity contribution in [2.24, 2.45) is 5.92 Å². The fraction of sp³-hybridized carbons (Fsp3) is 1.00. The largest absolute Gasteiger partial charge is 0.392 e. The Morgan fingerprint density at radius 2 is 1.93 bits per heavy atom. The van der Waals surface area contributed by atoms with Gasteiger partial charge in [0.25, 0.3) is 0 Å². The fourth-order valence-electron chi connectivity index (χ4n) is 2.30. The van der Waals surface area contributed by atoms with Crippen LogP contribution in [0.5, 0.6) is 0 Å². The molecule has 1 aliphatic heterocycles. The van der Waals surface area contributed by atoms with Gasteiger partial charge < -0.3 is 15.7 Å². The molecule has 3 nitrogen and oxygen atoms in total. The lowest BCUT2D eigenvalue weighted by atomic mass is 9.90. The molecule has 3 heteroatoms. The van der Waals surface area contributed by atoms with Crippen LogP contribution in [-0.4, -0.2) is 36.9 Å². The summed E-state index contributed by atoms with van der Waals surface area (Å²) < 4.78 is 0. The predicted octanol–water partition coefficient (Wildman–Crippen LogP) is 0.489. The second-order valence-electron chi connectivity index (χ2n) is 4.69. The molecule has 0 aromatic carbocycles. The van der Waals surface area contributed by atoms with Gasteiger partial charge in [0.1, 0.15) is 0 Å². The first-order valence-electron chi connectivity index (χ1n) is 5.98. The van der Waals surface area contributed by atoms with Crippen LogP contribution in [0.1, 0.15) is 32.1 Å². The van der Waals surface area contributed by atoms with Gasteiger partial charge in [-0.05, 0) is 44.7 Å². The molecule has 0 aromatic heterocycles. The third kappa shape index (κ3) is 2.69. The summed E-state index contributed by atoms with van der Waals surface area (Å²) in [5.41, 5.74) is 0. The molecule has 0 aromatic rings. The lowest BCUT2D eigenvalue weighted by molar-refractivity contribution is 0.0817. The van der Waals surface area contributed by atoms with Crippen LogP contribution in [-0.2, 0) is 0 Å². The number of piperidine rings is 1. The van der Waals surface area contributed by atoms with Gasteiger partial charge in [0.05, 0.1) is 6.10 Å². The molecule has 1 saturated heterocycles. The van der Waals surface area contributed by atoms with Gasteiger partial charge >= 0.3 is 0 Å². The molecule has 2 aliphatic rings. The molecule has 0 spiro atoms. The summed E-state index contributed by atoms with van der Waals surface area (Å²) in [5.74, 6) is 0.517. The summed E-state index contributed by atoms with van der Waals surface area (Å²) in [6.07, 6.45) is 6.11. The zero-order valence-corrected chi connectivity index (χ0v) is 8.84. The van der Waals surface area contributed by atoms with Crippen molar-refractivity contribution in [3.63, 3.8) is 0 Å². The first kappa shape index (κ1) is 10.4. The standard InChI is InChI=1S/C11H22N2O/c14-11(8-13-10-2-1-3-10)9-4-6-12-7-5-9/h9-14H,1-8H2. The quantitative estimate of drug-likeness (QED) is 0.616. The number of aliphatic hydroxyl groups is 1. The van der Waals surface area contributed by atoms with Crippen molar-refractivity contribution in [2.75, 3.05) is 19.6 Å². The number of hydrogen-bond acceptors (Lipinski definition) is 3. The Balaban J connectivity index is 1.62. The maximum atomic E-state index is 9.95. The maximum absolute atomic E-state index is 9.95. The minimum atomic E-state index is -0.127. The monoisotopic (exact) mass is 198 g/mol. The van der Waals surface area contributed by atoms with Crippen LogP contribution in [0, 0.1) is 5.92 Å². The van der Waals surface area contributed by atoms with Crippen molar-refractivity contribution < 1.29 is 5.11 Å². The average molecular weight is 198 g/mol. The van der Waals surface area contributed by atoms with Crippen molar-refractivity contribution in [1.82, 2.24) is 10.6 Å². The first-order valence-corrected chi connectivity index (χ1v) is 5.98. The smallest absolute Gasteiger partial charge is 0.0693 e. The molecule has 1 heterocycles. The molecule has 0 bridgehead atoms. The van der Waals surface area contributed by atoms with E-state index < -0.39 is 0 Å². The summed E-state index contributed by atoms with van der Waals surface area (Å²) in [4.78, 5) is 0. The van der Waals surface area contributed by atoms with Crippen LogP contribution in [0.15, 0.2) is 0 Å². The highest BCUT2D eigenvalue weighted by Gasteiger charge is 2.23. The van der Waals surface area contributed by atoms with Crippen LogP contribution in [0.25, 0.3) is 0 Å². The van der Waals surface area contributed by atoms with Gasteiger partial charge in [-0.1, -0.05) is 6.42 Å². The zero-order valence-electron chi connectivity index (χ0n) is 8.84. The molecule has 14 heavy (non-hydrogen) atoms. The fourth-order valence-corrected chi connectivity index (χ4v) is 2.30. The minimum absolute atomic E-state index is 0.127.